The van der Waals surface area contributed by atoms with Crippen LogP contribution in [0.4, 0.5) is 5.69 Å². The molecule has 4 heterocycles. The largest absolute Gasteiger partial charge is 0.495 e. The molecule has 5 aromatic rings. The van der Waals surface area contributed by atoms with Crippen molar-refractivity contribution in [2.24, 2.45) is 0 Å². The summed E-state index contributed by atoms with van der Waals surface area (Å²) in [5.74, 6) is 1.06. The van der Waals surface area contributed by atoms with Crippen LogP contribution < -0.4 is 15.6 Å². The molecule has 6 rings (SSSR count). The summed E-state index contributed by atoms with van der Waals surface area (Å²) in [4.78, 5) is 32.5. The van der Waals surface area contributed by atoms with Gasteiger partial charge in [0, 0.05) is 29.8 Å². The van der Waals surface area contributed by atoms with Crippen molar-refractivity contribution in [1.29, 1.82) is 0 Å². The van der Waals surface area contributed by atoms with E-state index in [4.69, 9.17) is 14.1 Å². The number of nitrogens with one attached hydrogen (secondary N) is 1. The Balaban J connectivity index is 1.42. The van der Waals surface area contributed by atoms with E-state index in [0.29, 0.717) is 44.2 Å². The number of benzene rings is 2. The highest BCUT2D eigenvalue weighted by Gasteiger charge is 2.23. The predicted octanol–water partition coefficient (Wildman–Crippen LogP) is 5.65. The summed E-state index contributed by atoms with van der Waals surface area (Å²) in [6.07, 6.45) is 3.89. The zero-order valence-electron chi connectivity index (χ0n) is 18.9. The van der Waals surface area contributed by atoms with E-state index in [1.807, 2.05) is 37.3 Å². The third kappa shape index (κ3) is 3.20. The number of fused-ring (bicyclic) bond motifs is 5. The van der Waals surface area contributed by atoms with Crippen molar-refractivity contribution in [3.63, 3.8) is 0 Å². The summed E-state index contributed by atoms with van der Waals surface area (Å²) in [6.45, 7) is 2.50. The molecule has 0 bridgehead atoms. The van der Waals surface area contributed by atoms with Crippen LogP contribution in [0.2, 0.25) is 0 Å². The van der Waals surface area contributed by atoms with Gasteiger partial charge in [-0.05, 0) is 37.5 Å². The molecule has 1 amide bonds. The molecule has 0 saturated heterocycles. The average molecular weight is 474 g/mol. The predicted molar refractivity (Wildman–Crippen MR) is 134 cm³/mol. The molecule has 0 radical (unpaired) electrons. The monoisotopic (exact) mass is 473 g/mol. The van der Waals surface area contributed by atoms with Crippen molar-refractivity contribution >= 4 is 55.1 Å². The summed E-state index contributed by atoms with van der Waals surface area (Å²) in [6, 6.07) is 11.4. The Labute approximate surface area is 199 Å². The number of carbonyl (C=O) groups is 1. The van der Waals surface area contributed by atoms with E-state index in [9.17, 15) is 9.59 Å². The Kier molecular flexibility index (Phi) is 4.91. The number of rotatable bonds is 3. The molecule has 1 aliphatic heterocycles. The molecular weight excluding hydrogens is 450 g/mol. The van der Waals surface area contributed by atoms with Gasteiger partial charge in [-0.2, -0.15) is 0 Å². The van der Waals surface area contributed by atoms with Gasteiger partial charge >= 0.3 is 0 Å². The molecule has 172 valence electrons. The minimum atomic E-state index is -0.297. The lowest BCUT2D eigenvalue weighted by Crippen LogP contribution is -2.24. The molecule has 0 saturated carbocycles. The van der Waals surface area contributed by atoms with E-state index in [2.05, 4.69) is 5.32 Å². The SMILES string of the molecule is COc1cc2c(cc1NC(=O)c1sc3nc4n(c(=O)c3c1C)CCCCC4)oc1ccccc12. The minimum Gasteiger partial charge on any atom is -0.495 e. The van der Waals surface area contributed by atoms with Gasteiger partial charge in [0.05, 0.1) is 23.1 Å². The number of thiophene rings is 1. The quantitative estimate of drug-likeness (QED) is 0.366. The van der Waals surface area contributed by atoms with Crippen LogP contribution in [0.15, 0.2) is 45.6 Å². The lowest BCUT2D eigenvalue weighted by atomic mass is 10.1. The fourth-order valence-electron chi connectivity index (χ4n) is 4.82. The maximum Gasteiger partial charge on any atom is 0.266 e. The lowest BCUT2D eigenvalue weighted by Gasteiger charge is -2.10. The molecule has 0 spiro atoms. The van der Waals surface area contributed by atoms with E-state index < -0.39 is 0 Å². The summed E-state index contributed by atoms with van der Waals surface area (Å²) in [7, 11) is 1.57. The van der Waals surface area contributed by atoms with Crippen LogP contribution in [0, 0.1) is 6.92 Å². The van der Waals surface area contributed by atoms with Gasteiger partial charge in [0.25, 0.3) is 11.5 Å². The number of hydrogen-bond acceptors (Lipinski definition) is 6. The molecular formula is C26H23N3O4S. The van der Waals surface area contributed by atoms with Gasteiger partial charge < -0.3 is 14.5 Å². The highest BCUT2D eigenvalue weighted by Crippen LogP contribution is 2.37. The molecule has 1 N–H and O–H groups in total. The van der Waals surface area contributed by atoms with Crippen molar-refractivity contribution in [3.05, 3.63) is 63.0 Å². The van der Waals surface area contributed by atoms with Gasteiger partial charge in [0.2, 0.25) is 0 Å². The Hall–Kier alpha value is -3.65. The van der Waals surface area contributed by atoms with Crippen LogP contribution in [-0.2, 0) is 13.0 Å². The number of aryl methyl sites for hydroxylation is 2. The third-order valence-electron chi connectivity index (χ3n) is 6.56. The molecule has 3 aromatic heterocycles. The first-order chi connectivity index (χ1) is 16.5. The van der Waals surface area contributed by atoms with Crippen LogP contribution >= 0.6 is 11.3 Å². The number of nitrogens with zero attached hydrogens (tertiary/aromatic N) is 2. The standard InChI is InChI=1S/C26H23N3O4S/c1-14-22-25(28-21-10-4-3-7-11-29(21)26(22)31)34-23(14)24(30)27-17-13-19-16(12-20(17)32-2)15-8-5-6-9-18(15)33-19/h5-6,8-9,12-13H,3-4,7,10-11H2,1-2H3,(H,27,30). The summed E-state index contributed by atoms with van der Waals surface area (Å²) < 4.78 is 13.3. The lowest BCUT2D eigenvalue weighted by molar-refractivity contribution is 0.102. The molecule has 0 fully saturated rings. The Morgan fingerprint density at radius 1 is 1.15 bits per heavy atom. The van der Waals surface area contributed by atoms with Crippen molar-refractivity contribution < 1.29 is 13.9 Å². The van der Waals surface area contributed by atoms with Gasteiger partial charge in [-0.25, -0.2) is 4.98 Å². The molecule has 34 heavy (non-hydrogen) atoms. The van der Waals surface area contributed by atoms with Crippen molar-refractivity contribution in [1.82, 2.24) is 9.55 Å². The molecule has 0 unspecified atom stereocenters. The second-order valence-electron chi connectivity index (χ2n) is 8.63. The van der Waals surface area contributed by atoms with Crippen LogP contribution in [0.25, 0.3) is 32.2 Å². The van der Waals surface area contributed by atoms with Crippen LogP contribution in [-0.4, -0.2) is 22.6 Å². The van der Waals surface area contributed by atoms with Gasteiger partial charge in [0.1, 0.15) is 27.6 Å². The maximum atomic E-state index is 13.3. The number of ether oxygens (including phenoxy) is 1. The number of anilines is 1. The molecule has 0 atom stereocenters. The molecule has 2 aromatic carbocycles. The van der Waals surface area contributed by atoms with Gasteiger partial charge in [-0.15, -0.1) is 11.3 Å². The Morgan fingerprint density at radius 2 is 2.00 bits per heavy atom. The normalized spacial score (nSPS) is 13.8. The van der Waals surface area contributed by atoms with Crippen molar-refractivity contribution in [3.8, 4) is 5.75 Å². The number of para-hydroxylation sites is 1. The summed E-state index contributed by atoms with van der Waals surface area (Å²) >= 11 is 1.27. The summed E-state index contributed by atoms with van der Waals surface area (Å²) in [5.41, 5.74) is 2.56. The first-order valence-corrected chi connectivity index (χ1v) is 12.2. The van der Waals surface area contributed by atoms with Crippen molar-refractivity contribution in [2.75, 3.05) is 12.4 Å². The second-order valence-corrected chi connectivity index (χ2v) is 9.63. The maximum absolute atomic E-state index is 13.3. The van der Waals surface area contributed by atoms with E-state index in [1.165, 1.54) is 11.3 Å². The smallest absolute Gasteiger partial charge is 0.266 e. The minimum absolute atomic E-state index is 0.0454. The number of aromatic nitrogens is 2. The second kappa shape index (κ2) is 7.99. The molecule has 7 nitrogen and oxygen atoms in total. The highest BCUT2D eigenvalue weighted by molar-refractivity contribution is 7.20. The Morgan fingerprint density at radius 3 is 2.85 bits per heavy atom. The molecule has 0 aliphatic carbocycles. The average Bonchev–Trinajstić information content (AvgIpc) is 3.25. The topological polar surface area (TPSA) is 86.4 Å². The number of hydrogen-bond donors (Lipinski definition) is 1. The van der Waals surface area contributed by atoms with E-state index in [-0.39, 0.29) is 11.5 Å². The molecule has 8 heteroatoms. The number of carbonyl (C=O) groups excluding carboxylic acids is 1. The van der Waals surface area contributed by atoms with E-state index in [1.54, 1.807) is 17.7 Å². The van der Waals surface area contributed by atoms with Crippen LogP contribution in [0.3, 0.4) is 0 Å². The zero-order chi connectivity index (χ0) is 23.4. The van der Waals surface area contributed by atoms with Crippen LogP contribution in [0.5, 0.6) is 5.75 Å². The first-order valence-electron chi connectivity index (χ1n) is 11.4. The van der Waals surface area contributed by atoms with Crippen LogP contribution in [0.1, 0.15) is 40.3 Å². The fraction of sp³-hybridized carbons (Fsp3) is 0.269. The van der Waals surface area contributed by atoms with Gasteiger partial charge in [-0.1, -0.05) is 24.6 Å². The highest BCUT2D eigenvalue weighted by atomic mass is 32.1. The zero-order valence-corrected chi connectivity index (χ0v) is 19.8. The third-order valence-corrected chi connectivity index (χ3v) is 7.75. The number of methoxy groups -OCH3 is 1. The van der Waals surface area contributed by atoms with Crippen molar-refractivity contribution in [2.45, 2.75) is 39.2 Å². The number of furan rings is 1. The Bertz CT molecular complexity index is 1660. The fourth-order valence-corrected chi connectivity index (χ4v) is 5.91. The van der Waals surface area contributed by atoms with Gasteiger partial charge in [0.15, 0.2) is 0 Å². The summed E-state index contributed by atoms with van der Waals surface area (Å²) in [5, 5.41) is 5.41. The number of amides is 1. The van der Waals surface area contributed by atoms with Gasteiger partial charge in [-0.3, -0.25) is 14.2 Å². The first kappa shape index (κ1) is 20.9. The van der Waals surface area contributed by atoms with E-state index >= 15 is 0 Å². The van der Waals surface area contributed by atoms with E-state index in [0.717, 1.165) is 47.9 Å². The molecule has 1 aliphatic rings.